The first-order valence-corrected chi connectivity index (χ1v) is 6.75. The van der Waals surface area contributed by atoms with Crippen LogP contribution in [-0.2, 0) is 11.3 Å². The lowest BCUT2D eigenvalue weighted by Gasteiger charge is -2.05. The molecule has 0 unspecified atom stereocenters. The van der Waals surface area contributed by atoms with Gasteiger partial charge in [0.2, 0.25) is 0 Å². The maximum Gasteiger partial charge on any atom is 0.0717 e. The zero-order valence-electron chi connectivity index (χ0n) is 10.9. The lowest BCUT2D eigenvalue weighted by atomic mass is 10.1. The number of ether oxygens (including phenoxy) is 1. The molecule has 0 aromatic heterocycles. The average Bonchev–Trinajstić information content (AvgIpc) is 2.42. The monoisotopic (exact) mass is 241 g/mol. The molecular formula is C17H21O. The summed E-state index contributed by atoms with van der Waals surface area (Å²) in [5.41, 5.74) is 1.26. The molecule has 0 aliphatic heterocycles. The van der Waals surface area contributed by atoms with Crippen molar-refractivity contribution in [2.75, 3.05) is 6.61 Å². The molecule has 0 aliphatic carbocycles. The molecule has 0 atom stereocenters. The Labute approximate surface area is 110 Å². The molecule has 1 radical (unpaired) electrons. The molecule has 1 heteroatoms. The first kappa shape index (κ1) is 13.1. The molecular weight excluding hydrogens is 220 g/mol. The van der Waals surface area contributed by atoms with Gasteiger partial charge in [0.25, 0.3) is 0 Å². The minimum atomic E-state index is 0.717. The highest BCUT2D eigenvalue weighted by Gasteiger charge is 1.96. The summed E-state index contributed by atoms with van der Waals surface area (Å²) < 4.78 is 5.69. The number of benzene rings is 2. The predicted octanol–water partition coefficient (Wildman–Crippen LogP) is 4.75. The van der Waals surface area contributed by atoms with Crippen LogP contribution in [0.5, 0.6) is 0 Å². The summed E-state index contributed by atoms with van der Waals surface area (Å²) in [6.07, 6.45) is 4.61. The molecule has 2 aromatic rings. The van der Waals surface area contributed by atoms with Crippen LogP contribution in [0.3, 0.4) is 0 Å². The van der Waals surface area contributed by atoms with E-state index in [1.54, 1.807) is 0 Å². The van der Waals surface area contributed by atoms with Gasteiger partial charge in [0.05, 0.1) is 6.61 Å². The van der Waals surface area contributed by atoms with Gasteiger partial charge in [-0.2, -0.15) is 0 Å². The Morgan fingerprint density at radius 1 is 0.889 bits per heavy atom. The lowest BCUT2D eigenvalue weighted by Crippen LogP contribution is -1.95. The molecule has 0 bridgehead atoms. The van der Waals surface area contributed by atoms with Crippen LogP contribution in [0.15, 0.2) is 42.5 Å². The van der Waals surface area contributed by atoms with Crippen LogP contribution in [0.2, 0.25) is 0 Å². The minimum Gasteiger partial charge on any atom is -0.377 e. The second kappa shape index (κ2) is 7.17. The third-order valence-electron chi connectivity index (χ3n) is 3.12. The van der Waals surface area contributed by atoms with E-state index >= 15 is 0 Å². The Hall–Kier alpha value is -1.34. The Morgan fingerprint density at radius 2 is 1.72 bits per heavy atom. The van der Waals surface area contributed by atoms with E-state index in [2.05, 4.69) is 49.4 Å². The van der Waals surface area contributed by atoms with E-state index in [4.69, 9.17) is 4.74 Å². The highest BCUT2D eigenvalue weighted by atomic mass is 16.5. The van der Waals surface area contributed by atoms with Crippen LogP contribution in [0.25, 0.3) is 10.8 Å². The Kier molecular flexibility index (Phi) is 5.22. The number of hydrogen-bond acceptors (Lipinski definition) is 1. The van der Waals surface area contributed by atoms with Gasteiger partial charge in [-0.1, -0.05) is 62.6 Å². The summed E-state index contributed by atoms with van der Waals surface area (Å²) in [7, 11) is 0. The summed E-state index contributed by atoms with van der Waals surface area (Å²) in [5, 5.41) is 2.58. The van der Waals surface area contributed by atoms with Crippen molar-refractivity contribution in [3.63, 3.8) is 0 Å². The molecule has 0 spiro atoms. The normalized spacial score (nSPS) is 10.9. The van der Waals surface area contributed by atoms with Crippen molar-refractivity contribution in [1.82, 2.24) is 0 Å². The fourth-order valence-electron chi connectivity index (χ4n) is 2.08. The molecule has 2 rings (SSSR count). The summed E-state index contributed by atoms with van der Waals surface area (Å²) in [6, 6.07) is 15.0. The minimum absolute atomic E-state index is 0.717. The van der Waals surface area contributed by atoms with E-state index < -0.39 is 0 Å². The SMILES string of the molecule is [CH2]CCCCCOCc1ccc2ccccc2c1. The Balaban J connectivity index is 1.81. The molecule has 1 nitrogen and oxygen atoms in total. The van der Waals surface area contributed by atoms with Crippen molar-refractivity contribution in [3.05, 3.63) is 55.0 Å². The third kappa shape index (κ3) is 3.85. The molecule has 0 saturated heterocycles. The van der Waals surface area contributed by atoms with Gasteiger partial charge in [-0.3, -0.25) is 0 Å². The lowest BCUT2D eigenvalue weighted by molar-refractivity contribution is 0.117. The second-order valence-electron chi connectivity index (χ2n) is 4.65. The van der Waals surface area contributed by atoms with E-state index in [-0.39, 0.29) is 0 Å². The molecule has 0 amide bonds. The first-order valence-electron chi connectivity index (χ1n) is 6.75. The smallest absolute Gasteiger partial charge is 0.0717 e. The Bertz CT molecular complexity index is 476. The van der Waals surface area contributed by atoms with Crippen molar-refractivity contribution in [2.24, 2.45) is 0 Å². The molecule has 18 heavy (non-hydrogen) atoms. The van der Waals surface area contributed by atoms with Crippen LogP contribution in [0, 0.1) is 6.92 Å². The number of rotatable bonds is 7. The zero-order chi connectivity index (χ0) is 12.6. The van der Waals surface area contributed by atoms with Gasteiger partial charge in [0, 0.05) is 6.61 Å². The standard InChI is InChI=1S/C17H21O/c1-2-3-4-7-12-18-14-15-10-11-16-8-5-6-9-17(16)13-15/h5-6,8-11,13H,1-4,7,12,14H2. The molecule has 0 heterocycles. The maximum absolute atomic E-state index is 5.69. The van der Waals surface area contributed by atoms with Crippen molar-refractivity contribution >= 4 is 10.8 Å². The van der Waals surface area contributed by atoms with Gasteiger partial charge < -0.3 is 4.74 Å². The quantitative estimate of drug-likeness (QED) is 0.635. The van der Waals surface area contributed by atoms with Crippen LogP contribution in [0.4, 0.5) is 0 Å². The molecule has 0 aliphatic rings. The van der Waals surface area contributed by atoms with Crippen LogP contribution in [-0.4, -0.2) is 6.61 Å². The number of hydrogen-bond donors (Lipinski definition) is 0. The van der Waals surface area contributed by atoms with Crippen molar-refractivity contribution < 1.29 is 4.74 Å². The molecule has 0 fully saturated rings. The summed E-state index contributed by atoms with van der Waals surface area (Å²) >= 11 is 0. The van der Waals surface area contributed by atoms with Gasteiger partial charge >= 0.3 is 0 Å². The molecule has 95 valence electrons. The van der Waals surface area contributed by atoms with Gasteiger partial charge in [0.1, 0.15) is 0 Å². The molecule has 2 aromatic carbocycles. The fourth-order valence-corrected chi connectivity index (χ4v) is 2.08. The third-order valence-corrected chi connectivity index (χ3v) is 3.12. The van der Waals surface area contributed by atoms with Gasteiger partial charge in [-0.25, -0.2) is 0 Å². The largest absolute Gasteiger partial charge is 0.377 e. The first-order chi connectivity index (χ1) is 8.90. The highest BCUT2D eigenvalue weighted by Crippen LogP contribution is 2.16. The summed E-state index contributed by atoms with van der Waals surface area (Å²) in [4.78, 5) is 0. The van der Waals surface area contributed by atoms with Gasteiger partial charge in [-0.05, 0) is 28.8 Å². The van der Waals surface area contributed by atoms with Gasteiger partial charge in [-0.15, -0.1) is 0 Å². The highest BCUT2D eigenvalue weighted by molar-refractivity contribution is 5.82. The van der Waals surface area contributed by atoms with E-state index in [0.717, 1.165) is 26.1 Å². The van der Waals surface area contributed by atoms with E-state index in [1.165, 1.54) is 29.2 Å². The van der Waals surface area contributed by atoms with E-state index in [1.807, 2.05) is 0 Å². The van der Waals surface area contributed by atoms with Crippen LogP contribution in [0.1, 0.15) is 31.2 Å². The zero-order valence-corrected chi connectivity index (χ0v) is 10.9. The van der Waals surface area contributed by atoms with E-state index in [0.29, 0.717) is 0 Å². The second-order valence-corrected chi connectivity index (χ2v) is 4.65. The topological polar surface area (TPSA) is 9.23 Å². The summed E-state index contributed by atoms with van der Waals surface area (Å²) in [6.45, 7) is 5.41. The predicted molar refractivity (Wildman–Crippen MR) is 77.4 cm³/mol. The van der Waals surface area contributed by atoms with Crippen LogP contribution < -0.4 is 0 Å². The number of fused-ring (bicyclic) bond motifs is 1. The molecule has 0 saturated carbocycles. The van der Waals surface area contributed by atoms with Crippen molar-refractivity contribution in [2.45, 2.75) is 32.3 Å². The molecule has 0 N–H and O–H groups in total. The average molecular weight is 241 g/mol. The van der Waals surface area contributed by atoms with E-state index in [9.17, 15) is 0 Å². The Morgan fingerprint density at radius 3 is 2.56 bits per heavy atom. The summed E-state index contributed by atoms with van der Waals surface area (Å²) in [5.74, 6) is 0. The fraction of sp³-hybridized carbons (Fsp3) is 0.353. The number of unbranched alkanes of at least 4 members (excludes halogenated alkanes) is 3. The van der Waals surface area contributed by atoms with Crippen LogP contribution >= 0.6 is 0 Å². The van der Waals surface area contributed by atoms with Crippen molar-refractivity contribution in [1.29, 1.82) is 0 Å². The van der Waals surface area contributed by atoms with Gasteiger partial charge in [0.15, 0.2) is 0 Å². The van der Waals surface area contributed by atoms with Crippen molar-refractivity contribution in [3.8, 4) is 0 Å². The maximum atomic E-state index is 5.69.